The van der Waals surface area contributed by atoms with Crippen LogP contribution in [0.25, 0.3) is 10.8 Å². The van der Waals surface area contributed by atoms with Gasteiger partial charge >= 0.3 is 5.97 Å². The molecule has 0 aliphatic rings. The Balaban J connectivity index is 1.87. The molecular formula is C20H24O3. The Morgan fingerprint density at radius 2 is 1.83 bits per heavy atom. The van der Waals surface area contributed by atoms with Gasteiger partial charge in [-0.1, -0.05) is 49.0 Å². The van der Waals surface area contributed by atoms with E-state index in [1.807, 2.05) is 32.0 Å². The molecule has 0 saturated carbocycles. The van der Waals surface area contributed by atoms with Crippen molar-refractivity contribution in [3.8, 4) is 0 Å². The van der Waals surface area contributed by atoms with Crippen molar-refractivity contribution in [1.29, 1.82) is 0 Å². The van der Waals surface area contributed by atoms with Gasteiger partial charge in [0.1, 0.15) is 5.60 Å². The molecular weight excluding hydrogens is 288 g/mol. The Kier molecular flexibility index (Phi) is 5.56. The summed E-state index contributed by atoms with van der Waals surface area (Å²) in [6.45, 7) is 10.1. The third kappa shape index (κ3) is 4.93. The molecule has 122 valence electrons. The lowest BCUT2D eigenvalue weighted by Crippen LogP contribution is -2.29. The van der Waals surface area contributed by atoms with E-state index >= 15 is 0 Å². The summed E-state index contributed by atoms with van der Waals surface area (Å²) in [5, 5.41) is 2.42. The maximum Gasteiger partial charge on any atom is 0.333 e. The van der Waals surface area contributed by atoms with Crippen LogP contribution in [-0.4, -0.2) is 18.2 Å². The van der Waals surface area contributed by atoms with E-state index in [9.17, 15) is 4.79 Å². The van der Waals surface area contributed by atoms with Crippen molar-refractivity contribution < 1.29 is 14.3 Å². The first-order valence-corrected chi connectivity index (χ1v) is 7.82. The standard InChI is InChI=1S/C20H24O3/c1-15(2)19(21)23-20(3,4)12-13-22-14-17-10-7-9-16-8-5-6-11-18(16)17/h5-11H,1,12-14H2,2-4H3. The Morgan fingerprint density at radius 3 is 2.57 bits per heavy atom. The minimum atomic E-state index is -0.561. The van der Waals surface area contributed by atoms with E-state index in [1.54, 1.807) is 6.92 Å². The predicted molar refractivity (Wildman–Crippen MR) is 93.2 cm³/mol. The summed E-state index contributed by atoms with van der Waals surface area (Å²) in [6, 6.07) is 14.5. The molecule has 0 spiro atoms. The zero-order chi connectivity index (χ0) is 16.9. The molecule has 0 amide bonds. The maximum absolute atomic E-state index is 11.6. The van der Waals surface area contributed by atoms with Crippen molar-refractivity contribution in [2.24, 2.45) is 0 Å². The normalized spacial score (nSPS) is 11.4. The molecule has 0 N–H and O–H groups in total. The molecule has 0 bridgehead atoms. The fraction of sp³-hybridized carbons (Fsp3) is 0.350. The fourth-order valence-electron chi connectivity index (χ4n) is 2.31. The van der Waals surface area contributed by atoms with Crippen molar-refractivity contribution in [2.75, 3.05) is 6.61 Å². The highest BCUT2D eigenvalue weighted by molar-refractivity contribution is 5.87. The van der Waals surface area contributed by atoms with E-state index < -0.39 is 5.60 Å². The number of carbonyl (C=O) groups excluding carboxylic acids is 1. The smallest absolute Gasteiger partial charge is 0.333 e. The summed E-state index contributed by atoms with van der Waals surface area (Å²) < 4.78 is 11.2. The highest BCUT2D eigenvalue weighted by Gasteiger charge is 2.22. The molecule has 2 rings (SSSR count). The molecule has 0 radical (unpaired) electrons. The monoisotopic (exact) mass is 312 g/mol. The fourth-order valence-corrected chi connectivity index (χ4v) is 2.31. The van der Waals surface area contributed by atoms with E-state index in [0.717, 1.165) is 0 Å². The summed E-state index contributed by atoms with van der Waals surface area (Å²) >= 11 is 0. The van der Waals surface area contributed by atoms with Gasteiger partial charge < -0.3 is 9.47 Å². The van der Waals surface area contributed by atoms with E-state index in [0.29, 0.717) is 25.2 Å². The predicted octanol–water partition coefficient (Wildman–Crippen LogP) is 4.64. The van der Waals surface area contributed by atoms with Gasteiger partial charge in [-0.15, -0.1) is 0 Å². The molecule has 3 heteroatoms. The van der Waals surface area contributed by atoms with Crippen LogP contribution in [0.3, 0.4) is 0 Å². The highest BCUT2D eigenvalue weighted by Crippen LogP contribution is 2.20. The van der Waals surface area contributed by atoms with E-state index in [-0.39, 0.29) is 5.97 Å². The van der Waals surface area contributed by atoms with Gasteiger partial charge in [0.25, 0.3) is 0 Å². The second-order valence-electron chi connectivity index (χ2n) is 6.37. The average Bonchev–Trinajstić information content (AvgIpc) is 2.51. The topological polar surface area (TPSA) is 35.5 Å². The number of rotatable bonds is 7. The van der Waals surface area contributed by atoms with Crippen LogP contribution in [0.5, 0.6) is 0 Å². The van der Waals surface area contributed by atoms with Gasteiger partial charge in [-0.2, -0.15) is 0 Å². The van der Waals surface area contributed by atoms with Crippen molar-refractivity contribution in [3.05, 3.63) is 60.2 Å². The van der Waals surface area contributed by atoms with Crippen molar-refractivity contribution >= 4 is 16.7 Å². The minimum Gasteiger partial charge on any atom is -0.456 e. The lowest BCUT2D eigenvalue weighted by Gasteiger charge is -2.25. The van der Waals surface area contributed by atoms with Gasteiger partial charge in [-0.25, -0.2) is 4.79 Å². The Hall–Kier alpha value is -2.13. The third-order valence-corrected chi connectivity index (χ3v) is 3.70. The molecule has 2 aromatic rings. The first kappa shape index (κ1) is 17.2. The lowest BCUT2D eigenvalue weighted by atomic mass is 10.0. The first-order chi connectivity index (χ1) is 10.9. The SMILES string of the molecule is C=C(C)C(=O)OC(C)(C)CCOCc1cccc2ccccc12. The number of hydrogen-bond acceptors (Lipinski definition) is 3. The molecule has 2 aromatic carbocycles. The van der Waals surface area contributed by atoms with Gasteiger partial charge in [-0.05, 0) is 37.1 Å². The highest BCUT2D eigenvalue weighted by atomic mass is 16.6. The largest absolute Gasteiger partial charge is 0.456 e. The Bertz CT molecular complexity index is 696. The number of benzene rings is 2. The van der Waals surface area contributed by atoms with Crippen molar-refractivity contribution in [2.45, 2.75) is 39.4 Å². The van der Waals surface area contributed by atoms with E-state index in [4.69, 9.17) is 9.47 Å². The van der Waals surface area contributed by atoms with Crippen LogP contribution in [0.2, 0.25) is 0 Å². The van der Waals surface area contributed by atoms with Crippen LogP contribution < -0.4 is 0 Å². The van der Waals surface area contributed by atoms with Crippen LogP contribution in [-0.2, 0) is 20.9 Å². The summed E-state index contributed by atoms with van der Waals surface area (Å²) in [5.74, 6) is -0.357. The molecule has 0 aromatic heterocycles. The van der Waals surface area contributed by atoms with E-state index in [2.05, 4.69) is 30.8 Å². The zero-order valence-electron chi connectivity index (χ0n) is 14.1. The summed E-state index contributed by atoms with van der Waals surface area (Å²) in [7, 11) is 0. The molecule has 3 nitrogen and oxygen atoms in total. The average molecular weight is 312 g/mol. The van der Waals surface area contributed by atoms with Gasteiger partial charge in [0.15, 0.2) is 0 Å². The number of esters is 1. The van der Waals surface area contributed by atoms with Crippen LogP contribution >= 0.6 is 0 Å². The minimum absolute atomic E-state index is 0.357. The number of fused-ring (bicyclic) bond motifs is 1. The summed E-state index contributed by atoms with van der Waals surface area (Å²) in [4.78, 5) is 11.6. The second kappa shape index (κ2) is 7.42. The van der Waals surface area contributed by atoms with Crippen molar-refractivity contribution in [1.82, 2.24) is 0 Å². The van der Waals surface area contributed by atoms with E-state index in [1.165, 1.54) is 16.3 Å². The van der Waals surface area contributed by atoms with Crippen LogP contribution in [0.15, 0.2) is 54.6 Å². The number of hydrogen-bond donors (Lipinski definition) is 0. The molecule has 0 saturated heterocycles. The van der Waals surface area contributed by atoms with Gasteiger partial charge in [0, 0.05) is 12.0 Å². The molecule has 23 heavy (non-hydrogen) atoms. The Labute approximate surface area is 137 Å². The Morgan fingerprint density at radius 1 is 1.13 bits per heavy atom. The molecule has 0 heterocycles. The first-order valence-electron chi connectivity index (χ1n) is 7.82. The van der Waals surface area contributed by atoms with Gasteiger partial charge in [0.2, 0.25) is 0 Å². The maximum atomic E-state index is 11.6. The van der Waals surface area contributed by atoms with Crippen LogP contribution in [0.1, 0.15) is 32.8 Å². The van der Waals surface area contributed by atoms with Gasteiger partial charge in [-0.3, -0.25) is 0 Å². The zero-order valence-corrected chi connectivity index (χ0v) is 14.1. The van der Waals surface area contributed by atoms with Crippen LogP contribution in [0.4, 0.5) is 0 Å². The molecule has 0 aliphatic heterocycles. The number of ether oxygens (including phenoxy) is 2. The summed E-state index contributed by atoms with van der Waals surface area (Å²) in [5.41, 5.74) is 1.02. The van der Waals surface area contributed by atoms with Crippen LogP contribution in [0, 0.1) is 0 Å². The lowest BCUT2D eigenvalue weighted by molar-refractivity contribution is -0.153. The van der Waals surface area contributed by atoms with Gasteiger partial charge in [0.05, 0.1) is 13.2 Å². The molecule has 0 aliphatic carbocycles. The second-order valence-corrected chi connectivity index (χ2v) is 6.37. The molecule has 0 unspecified atom stereocenters. The number of carbonyl (C=O) groups is 1. The molecule has 0 fully saturated rings. The third-order valence-electron chi connectivity index (χ3n) is 3.70. The quantitative estimate of drug-likeness (QED) is 0.424. The molecule has 0 atom stereocenters. The summed E-state index contributed by atoms with van der Waals surface area (Å²) in [6.07, 6.45) is 0.636. The van der Waals surface area contributed by atoms with Crippen molar-refractivity contribution in [3.63, 3.8) is 0 Å².